The van der Waals surface area contributed by atoms with Crippen molar-refractivity contribution >= 4 is 5.91 Å². The van der Waals surface area contributed by atoms with Crippen molar-refractivity contribution < 1.29 is 14.3 Å². The summed E-state index contributed by atoms with van der Waals surface area (Å²) < 4.78 is 12.9. The summed E-state index contributed by atoms with van der Waals surface area (Å²) in [6.07, 6.45) is 5.08. The Labute approximate surface area is 98.9 Å². The Balaban J connectivity index is 1.93. The van der Waals surface area contributed by atoms with Crippen molar-refractivity contribution in [2.75, 3.05) is 0 Å². The summed E-state index contributed by atoms with van der Waals surface area (Å²) in [5, 5.41) is 12.2. The minimum atomic E-state index is -0.517. The largest absolute Gasteiger partial charge is 0.393 e. The highest BCUT2D eigenvalue weighted by Gasteiger charge is 2.21. The molecule has 2 rings (SSSR count). The highest BCUT2D eigenvalue weighted by atomic mass is 19.1. The number of rotatable bonds is 2. The van der Waals surface area contributed by atoms with Crippen molar-refractivity contribution in [2.45, 2.75) is 37.8 Å². The number of aliphatic hydroxyl groups is 1. The third kappa shape index (κ3) is 3.23. The Kier molecular flexibility index (Phi) is 3.68. The van der Waals surface area contributed by atoms with Crippen LogP contribution >= 0.6 is 0 Å². The lowest BCUT2D eigenvalue weighted by Gasteiger charge is -2.26. The summed E-state index contributed by atoms with van der Waals surface area (Å²) in [6, 6.07) is 1.23. The number of aliphatic hydroxyl groups excluding tert-OH is 1. The van der Waals surface area contributed by atoms with Crippen molar-refractivity contribution in [3.63, 3.8) is 0 Å². The van der Waals surface area contributed by atoms with Crippen molar-refractivity contribution in [2.24, 2.45) is 0 Å². The van der Waals surface area contributed by atoms with Crippen LogP contribution in [0, 0.1) is 5.82 Å². The van der Waals surface area contributed by atoms with E-state index in [0.29, 0.717) is 12.8 Å². The molecule has 1 heterocycles. The van der Waals surface area contributed by atoms with Crippen LogP contribution in [0.5, 0.6) is 0 Å². The molecule has 0 aromatic carbocycles. The molecule has 0 atom stereocenters. The van der Waals surface area contributed by atoms with Gasteiger partial charge in [0, 0.05) is 12.2 Å². The number of aromatic nitrogens is 1. The van der Waals surface area contributed by atoms with Crippen molar-refractivity contribution in [1.29, 1.82) is 0 Å². The Morgan fingerprint density at radius 2 is 2.06 bits per heavy atom. The number of hydrogen-bond acceptors (Lipinski definition) is 3. The van der Waals surface area contributed by atoms with E-state index in [1.165, 1.54) is 12.3 Å². The molecule has 1 aliphatic carbocycles. The molecule has 1 amide bonds. The highest BCUT2D eigenvalue weighted by molar-refractivity contribution is 5.94. The van der Waals surface area contributed by atoms with E-state index in [9.17, 15) is 14.3 Å². The SMILES string of the molecule is O=C(NC1CCC(O)CC1)c1cncc(F)c1. The van der Waals surface area contributed by atoms with Gasteiger partial charge in [-0.15, -0.1) is 0 Å². The molecule has 0 spiro atoms. The molecule has 1 aliphatic rings. The predicted molar refractivity (Wildman–Crippen MR) is 59.9 cm³/mol. The maximum absolute atomic E-state index is 12.9. The molecular formula is C12H15FN2O2. The number of halogens is 1. The van der Waals surface area contributed by atoms with Crippen LogP contribution in [-0.2, 0) is 0 Å². The van der Waals surface area contributed by atoms with Gasteiger partial charge in [0.25, 0.3) is 5.91 Å². The molecular weight excluding hydrogens is 223 g/mol. The third-order valence-corrected chi connectivity index (χ3v) is 3.00. The monoisotopic (exact) mass is 238 g/mol. The van der Waals surface area contributed by atoms with E-state index >= 15 is 0 Å². The smallest absolute Gasteiger partial charge is 0.253 e. The van der Waals surface area contributed by atoms with Gasteiger partial charge in [-0.25, -0.2) is 4.39 Å². The quantitative estimate of drug-likeness (QED) is 0.815. The van der Waals surface area contributed by atoms with Crippen LogP contribution < -0.4 is 5.32 Å². The zero-order chi connectivity index (χ0) is 12.3. The van der Waals surface area contributed by atoms with Crippen LogP contribution in [0.2, 0.25) is 0 Å². The van der Waals surface area contributed by atoms with E-state index < -0.39 is 5.82 Å². The fourth-order valence-electron chi connectivity index (χ4n) is 2.02. The topological polar surface area (TPSA) is 62.2 Å². The Morgan fingerprint density at radius 3 is 2.71 bits per heavy atom. The van der Waals surface area contributed by atoms with Gasteiger partial charge in [0.05, 0.1) is 17.9 Å². The minimum absolute atomic E-state index is 0.0640. The minimum Gasteiger partial charge on any atom is -0.393 e. The molecule has 0 saturated heterocycles. The number of nitrogens with one attached hydrogen (secondary N) is 1. The van der Waals surface area contributed by atoms with Gasteiger partial charge in [0.1, 0.15) is 5.82 Å². The molecule has 2 N–H and O–H groups in total. The maximum atomic E-state index is 12.9. The molecule has 92 valence electrons. The first-order valence-corrected chi connectivity index (χ1v) is 5.74. The van der Waals surface area contributed by atoms with E-state index in [4.69, 9.17) is 0 Å². The molecule has 0 unspecified atom stereocenters. The van der Waals surface area contributed by atoms with E-state index in [2.05, 4.69) is 10.3 Å². The average molecular weight is 238 g/mol. The third-order valence-electron chi connectivity index (χ3n) is 3.00. The summed E-state index contributed by atoms with van der Waals surface area (Å²) in [7, 11) is 0. The lowest BCUT2D eigenvalue weighted by atomic mass is 9.93. The van der Waals surface area contributed by atoms with Crippen LogP contribution in [0.15, 0.2) is 18.5 Å². The van der Waals surface area contributed by atoms with Gasteiger partial charge in [-0.05, 0) is 31.7 Å². The van der Waals surface area contributed by atoms with Crippen LogP contribution in [0.1, 0.15) is 36.0 Å². The Bertz CT molecular complexity index is 403. The molecule has 1 aromatic rings. The van der Waals surface area contributed by atoms with Gasteiger partial charge >= 0.3 is 0 Å². The number of hydrogen-bond donors (Lipinski definition) is 2. The first-order valence-electron chi connectivity index (χ1n) is 5.74. The number of carbonyl (C=O) groups excluding carboxylic acids is 1. The van der Waals surface area contributed by atoms with E-state index in [1.807, 2.05) is 0 Å². The lowest BCUT2D eigenvalue weighted by Crippen LogP contribution is -2.38. The number of nitrogens with zero attached hydrogens (tertiary/aromatic N) is 1. The fraction of sp³-hybridized carbons (Fsp3) is 0.500. The molecule has 0 aliphatic heterocycles. The van der Waals surface area contributed by atoms with Crippen LogP contribution in [0.3, 0.4) is 0 Å². The molecule has 1 aromatic heterocycles. The normalized spacial score (nSPS) is 24.4. The van der Waals surface area contributed by atoms with Gasteiger partial charge in [-0.1, -0.05) is 0 Å². The Hall–Kier alpha value is -1.49. The zero-order valence-electron chi connectivity index (χ0n) is 9.40. The second-order valence-corrected chi connectivity index (χ2v) is 4.37. The molecule has 0 bridgehead atoms. The van der Waals surface area contributed by atoms with Crippen LogP contribution in [-0.4, -0.2) is 28.1 Å². The van der Waals surface area contributed by atoms with E-state index in [0.717, 1.165) is 19.0 Å². The lowest BCUT2D eigenvalue weighted by molar-refractivity contribution is 0.0867. The second kappa shape index (κ2) is 5.23. The van der Waals surface area contributed by atoms with Gasteiger partial charge < -0.3 is 10.4 Å². The second-order valence-electron chi connectivity index (χ2n) is 4.37. The van der Waals surface area contributed by atoms with Crippen LogP contribution in [0.4, 0.5) is 4.39 Å². The predicted octanol–water partition coefficient (Wildman–Crippen LogP) is 1.25. The first-order chi connectivity index (χ1) is 8.15. The first kappa shape index (κ1) is 12.0. The van der Waals surface area contributed by atoms with Crippen molar-refractivity contribution in [3.05, 3.63) is 29.8 Å². The molecule has 1 fully saturated rings. The molecule has 17 heavy (non-hydrogen) atoms. The summed E-state index contributed by atoms with van der Waals surface area (Å²) in [4.78, 5) is 15.4. The van der Waals surface area contributed by atoms with Gasteiger partial charge in [0.15, 0.2) is 0 Å². The van der Waals surface area contributed by atoms with Crippen molar-refractivity contribution in [3.8, 4) is 0 Å². The fourth-order valence-corrected chi connectivity index (χ4v) is 2.02. The summed E-state index contributed by atoms with van der Waals surface area (Å²) in [5.74, 6) is -0.824. The van der Waals surface area contributed by atoms with Gasteiger partial charge in [-0.2, -0.15) is 0 Å². The maximum Gasteiger partial charge on any atom is 0.253 e. The Morgan fingerprint density at radius 1 is 1.35 bits per heavy atom. The summed E-state index contributed by atoms with van der Waals surface area (Å²) in [5.41, 5.74) is 0.233. The van der Waals surface area contributed by atoms with Gasteiger partial charge in [0.2, 0.25) is 0 Å². The number of carbonyl (C=O) groups is 1. The average Bonchev–Trinajstić information content (AvgIpc) is 2.32. The molecule has 1 saturated carbocycles. The molecule has 5 heteroatoms. The number of pyridine rings is 1. The van der Waals surface area contributed by atoms with Crippen molar-refractivity contribution in [1.82, 2.24) is 10.3 Å². The number of amides is 1. The highest BCUT2D eigenvalue weighted by Crippen LogP contribution is 2.18. The van der Waals surface area contributed by atoms with Gasteiger partial charge in [-0.3, -0.25) is 9.78 Å². The van der Waals surface area contributed by atoms with E-state index in [-0.39, 0.29) is 23.6 Å². The summed E-state index contributed by atoms with van der Waals surface area (Å²) in [6.45, 7) is 0. The zero-order valence-corrected chi connectivity index (χ0v) is 9.40. The van der Waals surface area contributed by atoms with E-state index in [1.54, 1.807) is 0 Å². The molecule has 0 radical (unpaired) electrons. The standard InChI is InChI=1S/C12H15FN2O2/c13-9-5-8(6-14-7-9)12(17)15-10-1-3-11(16)4-2-10/h5-7,10-11,16H,1-4H2,(H,15,17). The molecule has 4 nitrogen and oxygen atoms in total. The van der Waals surface area contributed by atoms with Crippen LogP contribution in [0.25, 0.3) is 0 Å². The summed E-state index contributed by atoms with van der Waals surface area (Å²) >= 11 is 0.